The molecule has 0 aromatic heterocycles. The van der Waals surface area contributed by atoms with Crippen LogP contribution in [-0.4, -0.2) is 27.6 Å². The zero-order valence-corrected chi connectivity index (χ0v) is 20.6. The third-order valence-corrected chi connectivity index (χ3v) is 6.31. The molecule has 0 bridgehead atoms. The number of nitro benzene ring substituents is 1. The van der Waals surface area contributed by atoms with Gasteiger partial charge in [-0.25, -0.2) is 0 Å². The van der Waals surface area contributed by atoms with Crippen LogP contribution in [0.3, 0.4) is 0 Å². The van der Waals surface area contributed by atoms with Crippen LogP contribution in [0.5, 0.6) is 11.5 Å². The van der Waals surface area contributed by atoms with Gasteiger partial charge in [-0.3, -0.25) is 24.6 Å². The molecule has 0 unspecified atom stereocenters. The fraction of sp³-hybridized carbons (Fsp3) is 0.185. The molecule has 0 radical (unpaired) electrons. The van der Waals surface area contributed by atoms with Gasteiger partial charge in [-0.1, -0.05) is 35.9 Å². The number of hydrogen-bond acceptors (Lipinski definition) is 7. The molecule has 184 valence electrons. The molecule has 1 aliphatic rings. The molecule has 0 N–H and O–H groups in total. The van der Waals surface area contributed by atoms with Crippen molar-refractivity contribution in [1.29, 1.82) is 0 Å². The van der Waals surface area contributed by atoms with E-state index in [9.17, 15) is 19.7 Å². The Kier molecular flexibility index (Phi) is 7.70. The third kappa shape index (κ3) is 5.92. The third-order valence-electron chi connectivity index (χ3n) is 5.40. The van der Waals surface area contributed by atoms with Crippen molar-refractivity contribution >= 4 is 34.7 Å². The molecule has 1 fully saturated rings. The molecule has 0 spiro atoms. The molecule has 2 amide bonds. The maximum Gasteiger partial charge on any atom is 0.293 e. The molecule has 9 heteroatoms. The SMILES string of the molecule is CCOc1cc(/C=C2\SC(=O)N(Cc3cccc(C)c3)C2=O)ccc1OCc1ccc([N+](=O)[O-])cc1. The Labute approximate surface area is 212 Å². The second kappa shape index (κ2) is 11.1. The number of nitro groups is 1. The summed E-state index contributed by atoms with van der Waals surface area (Å²) in [5.41, 5.74) is 3.44. The number of benzene rings is 3. The lowest BCUT2D eigenvalue weighted by molar-refractivity contribution is -0.384. The molecule has 3 aromatic rings. The summed E-state index contributed by atoms with van der Waals surface area (Å²) < 4.78 is 11.6. The van der Waals surface area contributed by atoms with Gasteiger partial charge in [-0.15, -0.1) is 0 Å². The zero-order valence-electron chi connectivity index (χ0n) is 19.8. The summed E-state index contributed by atoms with van der Waals surface area (Å²) in [5.74, 6) is 0.662. The van der Waals surface area contributed by atoms with Crippen LogP contribution in [-0.2, 0) is 17.9 Å². The lowest BCUT2D eigenvalue weighted by Crippen LogP contribution is -2.27. The maximum absolute atomic E-state index is 12.9. The number of nitrogens with zero attached hydrogens (tertiary/aromatic N) is 2. The Bertz CT molecular complexity index is 1340. The summed E-state index contributed by atoms with van der Waals surface area (Å²) in [7, 11) is 0. The Hall–Kier alpha value is -4.11. The van der Waals surface area contributed by atoms with Crippen molar-refractivity contribution in [3.63, 3.8) is 0 Å². The van der Waals surface area contributed by atoms with Crippen molar-refractivity contribution in [2.45, 2.75) is 27.0 Å². The maximum atomic E-state index is 12.9. The standard InChI is InChI=1S/C27H24N2O6S/c1-3-34-24-14-20(9-12-23(24)35-17-19-7-10-22(11-8-19)29(32)33)15-25-26(30)28(27(31)36-25)16-21-6-4-5-18(2)13-21/h4-15H,3,16-17H2,1-2H3/b25-15-. The summed E-state index contributed by atoms with van der Waals surface area (Å²) in [4.78, 5) is 37.4. The smallest absolute Gasteiger partial charge is 0.293 e. The highest BCUT2D eigenvalue weighted by atomic mass is 32.2. The van der Waals surface area contributed by atoms with E-state index in [1.165, 1.54) is 17.0 Å². The van der Waals surface area contributed by atoms with Crippen molar-refractivity contribution in [2.75, 3.05) is 6.61 Å². The molecule has 0 atom stereocenters. The van der Waals surface area contributed by atoms with E-state index in [1.54, 1.807) is 36.4 Å². The van der Waals surface area contributed by atoms with Gasteiger partial charge in [0.15, 0.2) is 11.5 Å². The predicted molar refractivity (Wildman–Crippen MR) is 138 cm³/mol. The number of rotatable bonds is 9. The summed E-state index contributed by atoms with van der Waals surface area (Å²) in [5, 5.41) is 10.5. The highest BCUT2D eigenvalue weighted by Gasteiger charge is 2.35. The molecular formula is C27H24N2O6S. The Morgan fingerprint density at radius 1 is 0.972 bits per heavy atom. The van der Waals surface area contributed by atoms with Crippen LogP contribution in [0.1, 0.15) is 29.2 Å². The minimum absolute atomic E-state index is 0.0152. The largest absolute Gasteiger partial charge is 0.490 e. The van der Waals surface area contributed by atoms with E-state index in [0.29, 0.717) is 28.6 Å². The number of carbonyl (C=O) groups excluding carboxylic acids is 2. The highest BCUT2D eigenvalue weighted by molar-refractivity contribution is 8.18. The number of non-ortho nitro benzene ring substituents is 1. The van der Waals surface area contributed by atoms with Crippen LogP contribution in [0.15, 0.2) is 71.6 Å². The average Bonchev–Trinajstić information content (AvgIpc) is 3.11. The molecule has 36 heavy (non-hydrogen) atoms. The number of aryl methyl sites for hydroxylation is 1. The Morgan fingerprint density at radius 2 is 1.75 bits per heavy atom. The molecule has 4 rings (SSSR count). The van der Waals surface area contributed by atoms with Gasteiger partial charge in [0.05, 0.1) is 23.0 Å². The monoisotopic (exact) mass is 504 g/mol. The van der Waals surface area contributed by atoms with E-state index in [0.717, 1.165) is 28.5 Å². The van der Waals surface area contributed by atoms with Gasteiger partial charge in [-0.2, -0.15) is 0 Å². The van der Waals surface area contributed by atoms with Gasteiger partial charge in [-0.05, 0) is 72.6 Å². The molecule has 3 aromatic carbocycles. The summed E-state index contributed by atoms with van der Waals surface area (Å²) in [6, 6.07) is 19.1. The van der Waals surface area contributed by atoms with E-state index in [2.05, 4.69) is 0 Å². The van der Waals surface area contributed by atoms with Crippen LogP contribution < -0.4 is 9.47 Å². The molecule has 0 aliphatic carbocycles. The number of amides is 2. The lowest BCUT2D eigenvalue weighted by Gasteiger charge is -2.13. The summed E-state index contributed by atoms with van der Waals surface area (Å²) in [6.07, 6.45) is 1.67. The molecule has 1 aliphatic heterocycles. The summed E-state index contributed by atoms with van der Waals surface area (Å²) >= 11 is 0.913. The van der Waals surface area contributed by atoms with E-state index in [4.69, 9.17) is 9.47 Å². The topological polar surface area (TPSA) is 99.0 Å². The molecule has 8 nitrogen and oxygen atoms in total. The Morgan fingerprint density at radius 3 is 2.44 bits per heavy atom. The predicted octanol–water partition coefficient (Wildman–Crippen LogP) is 6.12. The first kappa shape index (κ1) is 25.0. The fourth-order valence-corrected chi connectivity index (χ4v) is 4.50. The minimum Gasteiger partial charge on any atom is -0.490 e. The highest BCUT2D eigenvalue weighted by Crippen LogP contribution is 2.35. The van der Waals surface area contributed by atoms with E-state index in [-0.39, 0.29) is 30.0 Å². The Balaban J connectivity index is 1.48. The fourth-order valence-electron chi connectivity index (χ4n) is 3.66. The second-order valence-electron chi connectivity index (χ2n) is 8.11. The quantitative estimate of drug-likeness (QED) is 0.197. The molecule has 1 heterocycles. The first-order valence-electron chi connectivity index (χ1n) is 11.3. The van der Waals surface area contributed by atoms with Crippen molar-refractivity contribution < 1.29 is 24.0 Å². The van der Waals surface area contributed by atoms with Crippen LogP contribution in [0.2, 0.25) is 0 Å². The van der Waals surface area contributed by atoms with Crippen molar-refractivity contribution in [3.8, 4) is 11.5 Å². The van der Waals surface area contributed by atoms with Crippen molar-refractivity contribution in [3.05, 3.63) is 104 Å². The lowest BCUT2D eigenvalue weighted by atomic mass is 10.1. The average molecular weight is 505 g/mol. The van der Waals surface area contributed by atoms with Gasteiger partial charge in [0.2, 0.25) is 0 Å². The number of ether oxygens (including phenoxy) is 2. The molecule has 1 saturated heterocycles. The molecule has 0 saturated carbocycles. The molecular weight excluding hydrogens is 480 g/mol. The minimum atomic E-state index is -0.451. The first-order chi connectivity index (χ1) is 17.3. The van der Waals surface area contributed by atoms with Crippen LogP contribution in [0, 0.1) is 17.0 Å². The number of carbonyl (C=O) groups is 2. The van der Waals surface area contributed by atoms with Crippen molar-refractivity contribution in [2.24, 2.45) is 0 Å². The second-order valence-corrected chi connectivity index (χ2v) is 9.10. The van der Waals surface area contributed by atoms with E-state index < -0.39 is 4.92 Å². The zero-order chi connectivity index (χ0) is 25.7. The number of hydrogen-bond donors (Lipinski definition) is 0. The van der Waals surface area contributed by atoms with Gasteiger partial charge in [0, 0.05) is 12.1 Å². The normalized spacial score (nSPS) is 14.4. The van der Waals surface area contributed by atoms with Crippen LogP contribution in [0.25, 0.3) is 6.08 Å². The van der Waals surface area contributed by atoms with Gasteiger partial charge in [0.1, 0.15) is 6.61 Å². The van der Waals surface area contributed by atoms with E-state index >= 15 is 0 Å². The van der Waals surface area contributed by atoms with Crippen LogP contribution in [0.4, 0.5) is 10.5 Å². The first-order valence-corrected chi connectivity index (χ1v) is 12.1. The van der Waals surface area contributed by atoms with Gasteiger partial charge in [0.25, 0.3) is 16.8 Å². The van der Waals surface area contributed by atoms with Gasteiger partial charge >= 0.3 is 0 Å². The van der Waals surface area contributed by atoms with E-state index in [1.807, 2.05) is 38.1 Å². The van der Waals surface area contributed by atoms with Crippen molar-refractivity contribution in [1.82, 2.24) is 4.90 Å². The summed E-state index contributed by atoms with van der Waals surface area (Å²) in [6.45, 7) is 4.65. The van der Waals surface area contributed by atoms with Crippen LogP contribution >= 0.6 is 11.8 Å². The number of thioether (sulfide) groups is 1. The number of imide groups is 1. The van der Waals surface area contributed by atoms with Gasteiger partial charge < -0.3 is 9.47 Å².